The quantitative estimate of drug-likeness (QED) is 0.333. The molecule has 3 aromatic carbocycles. The average molecular weight is 431 g/mol. The van der Waals surface area contributed by atoms with Crippen LogP contribution in [-0.4, -0.2) is 0 Å². The molecule has 3 rings (SSSR count). The molecule has 0 heterocycles. The number of rotatable bonds is 0. The molecule has 0 spiro atoms. The predicted molar refractivity (Wildman–Crippen MR) is 145 cm³/mol. The predicted octanol–water partition coefficient (Wildman–Crippen LogP) is 9.72. The second kappa shape index (κ2) is 9.05. The fraction of sp³-hybridized carbons (Fsp3) is 0.500. The van der Waals surface area contributed by atoms with E-state index in [1.165, 1.54) is 33.0 Å². The van der Waals surface area contributed by atoms with Crippen molar-refractivity contribution in [2.45, 2.75) is 105 Å². The van der Waals surface area contributed by atoms with Crippen LogP contribution in [0.15, 0.2) is 60.7 Å². The van der Waals surface area contributed by atoms with Crippen LogP contribution < -0.4 is 0 Å². The first-order valence-corrected chi connectivity index (χ1v) is 12.0. The van der Waals surface area contributed by atoms with Gasteiger partial charge in [0.2, 0.25) is 0 Å². The van der Waals surface area contributed by atoms with Crippen molar-refractivity contribution in [1.82, 2.24) is 0 Å². The third-order valence-electron chi connectivity index (χ3n) is 6.19. The molecule has 0 aromatic heterocycles. The molecule has 0 saturated carbocycles. The fourth-order valence-corrected chi connectivity index (χ4v) is 3.65. The first-order valence-electron chi connectivity index (χ1n) is 12.0. The van der Waals surface area contributed by atoms with E-state index in [4.69, 9.17) is 0 Å². The molecule has 0 atom stereocenters. The van der Waals surface area contributed by atoms with E-state index in [0.29, 0.717) is 0 Å². The summed E-state index contributed by atoms with van der Waals surface area (Å²) in [7, 11) is 0. The van der Waals surface area contributed by atoms with Crippen molar-refractivity contribution in [3.63, 3.8) is 0 Å². The van der Waals surface area contributed by atoms with Gasteiger partial charge in [0.15, 0.2) is 0 Å². The molecule has 0 saturated heterocycles. The minimum atomic E-state index is 0.219. The Labute approximate surface area is 198 Å². The maximum Gasteiger partial charge on any atom is -0.0132 e. The highest BCUT2D eigenvalue weighted by molar-refractivity contribution is 5.84. The average Bonchev–Trinajstić information content (AvgIpc) is 2.65. The van der Waals surface area contributed by atoms with E-state index >= 15 is 0 Å². The molecule has 0 aliphatic carbocycles. The number of hydrogen-bond acceptors (Lipinski definition) is 0. The van der Waals surface area contributed by atoms with Gasteiger partial charge in [0.25, 0.3) is 0 Å². The molecule has 0 fully saturated rings. The zero-order valence-corrected chi connectivity index (χ0v) is 22.8. The van der Waals surface area contributed by atoms with Crippen molar-refractivity contribution < 1.29 is 0 Å². The lowest BCUT2D eigenvalue weighted by Crippen LogP contribution is -2.14. The molecular weight excluding hydrogens is 384 g/mol. The van der Waals surface area contributed by atoms with Gasteiger partial charge in [-0.3, -0.25) is 0 Å². The van der Waals surface area contributed by atoms with Gasteiger partial charge < -0.3 is 0 Å². The summed E-state index contributed by atoms with van der Waals surface area (Å²) in [5.74, 6) is 0. The van der Waals surface area contributed by atoms with E-state index in [9.17, 15) is 0 Å². The highest BCUT2D eigenvalue weighted by Crippen LogP contribution is 2.30. The van der Waals surface area contributed by atoms with E-state index in [2.05, 4.69) is 144 Å². The monoisotopic (exact) mass is 430 g/mol. The molecule has 0 unspecified atom stereocenters. The second-order valence-electron chi connectivity index (χ2n) is 13.4. The third kappa shape index (κ3) is 6.96. The summed E-state index contributed by atoms with van der Waals surface area (Å²) < 4.78 is 0. The molecule has 3 aromatic rings. The first-order chi connectivity index (χ1) is 14.4. The van der Waals surface area contributed by atoms with Gasteiger partial charge in [-0.05, 0) is 54.7 Å². The van der Waals surface area contributed by atoms with Crippen LogP contribution in [0.4, 0.5) is 0 Å². The Bertz CT molecular complexity index is 935. The molecule has 0 heteroatoms. The summed E-state index contributed by atoms with van der Waals surface area (Å²) in [4.78, 5) is 0. The van der Waals surface area contributed by atoms with Crippen LogP contribution in [0.2, 0.25) is 0 Å². The molecule has 0 bridgehead atoms. The zero-order valence-electron chi connectivity index (χ0n) is 22.8. The minimum Gasteiger partial charge on any atom is -0.0582 e. The maximum absolute atomic E-state index is 2.32. The van der Waals surface area contributed by atoms with E-state index < -0.39 is 0 Å². The Balaban J connectivity index is 0.000000235. The van der Waals surface area contributed by atoms with Gasteiger partial charge in [-0.1, -0.05) is 144 Å². The van der Waals surface area contributed by atoms with Crippen molar-refractivity contribution in [3.05, 3.63) is 82.9 Å². The van der Waals surface area contributed by atoms with Crippen LogP contribution in [-0.2, 0) is 21.7 Å². The lowest BCUT2D eigenvalue weighted by molar-refractivity contribution is 0.577. The summed E-state index contributed by atoms with van der Waals surface area (Å²) in [6, 6.07) is 22.7. The minimum absolute atomic E-state index is 0.219. The third-order valence-corrected chi connectivity index (χ3v) is 6.19. The number of benzene rings is 3. The van der Waals surface area contributed by atoms with Gasteiger partial charge in [-0.25, -0.2) is 0 Å². The summed E-state index contributed by atoms with van der Waals surface area (Å²) in [5, 5.41) is 2.69. The van der Waals surface area contributed by atoms with Crippen molar-refractivity contribution in [2.75, 3.05) is 0 Å². The van der Waals surface area contributed by atoms with Gasteiger partial charge in [0.1, 0.15) is 0 Å². The SMILES string of the molecule is CC(C)(C)c1ccc(C(C)(C)C)cc1.CC(C)(C)c1ccc2cc(C(C)(C)C)ccc2c1. The van der Waals surface area contributed by atoms with Gasteiger partial charge >= 0.3 is 0 Å². The van der Waals surface area contributed by atoms with Gasteiger partial charge in [-0.2, -0.15) is 0 Å². The zero-order chi connectivity index (χ0) is 24.5. The number of hydrogen-bond donors (Lipinski definition) is 0. The van der Waals surface area contributed by atoms with E-state index in [0.717, 1.165) is 0 Å². The summed E-state index contributed by atoms with van der Waals surface area (Å²) in [5.41, 5.74) is 6.58. The highest BCUT2D eigenvalue weighted by atomic mass is 14.2. The topological polar surface area (TPSA) is 0 Å². The largest absolute Gasteiger partial charge is 0.0582 e. The highest BCUT2D eigenvalue weighted by Gasteiger charge is 2.17. The molecule has 0 aliphatic heterocycles. The molecule has 0 amide bonds. The van der Waals surface area contributed by atoms with Crippen molar-refractivity contribution in [2.24, 2.45) is 0 Å². The summed E-state index contributed by atoms with van der Waals surface area (Å²) in [6.45, 7) is 27.1. The van der Waals surface area contributed by atoms with Gasteiger partial charge in [0.05, 0.1) is 0 Å². The normalized spacial score (nSPS) is 13.0. The smallest absolute Gasteiger partial charge is 0.0132 e. The molecule has 0 aliphatic rings. The Morgan fingerprint density at radius 3 is 0.750 bits per heavy atom. The molecule has 0 N–H and O–H groups in total. The Morgan fingerprint density at radius 2 is 0.531 bits per heavy atom. The van der Waals surface area contributed by atoms with Crippen LogP contribution >= 0.6 is 0 Å². The summed E-state index contributed by atoms with van der Waals surface area (Å²) in [6.07, 6.45) is 0. The lowest BCUT2D eigenvalue weighted by Gasteiger charge is -2.23. The van der Waals surface area contributed by atoms with Gasteiger partial charge in [-0.15, -0.1) is 0 Å². The molecule has 174 valence electrons. The van der Waals surface area contributed by atoms with Crippen molar-refractivity contribution in [1.29, 1.82) is 0 Å². The van der Waals surface area contributed by atoms with Crippen LogP contribution in [0.3, 0.4) is 0 Å². The van der Waals surface area contributed by atoms with Crippen LogP contribution in [0.1, 0.15) is 105 Å². The van der Waals surface area contributed by atoms with E-state index in [-0.39, 0.29) is 21.7 Å². The Kier molecular flexibility index (Phi) is 7.40. The standard InChI is InChI=1S/C18H24.C14H22/c1-17(2,3)15-9-7-14-12-16(18(4,5)6)10-8-13(14)11-15;1-13(2,3)11-7-9-12(10-8-11)14(4,5)6/h7-12H,1-6H3;7-10H,1-6H3. The Hall–Kier alpha value is -2.08. The molecule has 32 heavy (non-hydrogen) atoms. The summed E-state index contributed by atoms with van der Waals surface area (Å²) >= 11 is 0. The van der Waals surface area contributed by atoms with Crippen molar-refractivity contribution in [3.8, 4) is 0 Å². The van der Waals surface area contributed by atoms with Crippen molar-refractivity contribution >= 4 is 10.8 Å². The Morgan fingerprint density at radius 1 is 0.312 bits per heavy atom. The fourth-order valence-electron chi connectivity index (χ4n) is 3.65. The second-order valence-corrected chi connectivity index (χ2v) is 13.4. The molecule has 0 nitrogen and oxygen atoms in total. The van der Waals surface area contributed by atoms with E-state index in [1.807, 2.05) is 0 Å². The van der Waals surface area contributed by atoms with E-state index in [1.54, 1.807) is 0 Å². The molecular formula is C32H46. The van der Waals surface area contributed by atoms with Crippen LogP contribution in [0.25, 0.3) is 10.8 Å². The number of fused-ring (bicyclic) bond motifs is 1. The maximum atomic E-state index is 2.32. The lowest BCUT2D eigenvalue weighted by atomic mass is 9.82. The van der Waals surface area contributed by atoms with Crippen LogP contribution in [0.5, 0.6) is 0 Å². The van der Waals surface area contributed by atoms with Gasteiger partial charge in [0, 0.05) is 0 Å². The molecule has 0 radical (unpaired) electrons. The first kappa shape index (κ1) is 26.2. The van der Waals surface area contributed by atoms with Crippen LogP contribution in [0, 0.1) is 0 Å².